The molecule has 2 unspecified atom stereocenters. The van der Waals surface area contributed by atoms with E-state index in [1.54, 1.807) is 24.3 Å². The van der Waals surface area contributed by atoms with Gasteiger partial charge in [-0.2, -0.15) is 0 Å². The zero-order valence-corrected chi connectivity index (χ0v) is 14.2. The molecular formula is C18H25N3O3. The number of urea groups is 1. The van der Waals surface area contributed by atoms with Crippen LogP contribution in [0.5, 0.6) is 0 Å². The van der Waals surface area contributed by atoms with Crippen molar-refractivity contribution in [2.45, 2.75) is 44.8 Å². The van der Waals surface area contributed by atoms with E-state index in [2.05, 4.69) is 5.32 Å². The zero-order valence-electron chi connectivity index (χ0n) is 14.2. The molecule has 0 aliphatic heterocycles. The molecule has 130 valence electrons. The third-order valence-electron chi connectivity index (χ3n) is 5.56. The second kappa shape index (κ2) is 6.43. The van der Waals surface area contributed by atoms with Crippen molar-refractivity contribution in [3.05, 3.63) is 29.8 Å². The number of anilines is 1. The van der Waals surface area contributed by atoms with Crippen LogP contribution in [0.3, 0.4) is 0 Å². The van der Waals surface area contributed by atoms with E-state index in [4.69, 9.17) is 10.5 Å². The van der Waals surface area contributed by atoms with Crippen LogP contribution >= 0.6 is 0 Å². The Bertz CT molecular complexity index is 642. The lowest BCUT2D eigenvalue weighted by Gasteiger charge is -2.63. The standard InChI is InChI=1S/C18H25N3O3/c1-3-24-15-11-14(18(15)8-5-9-18)21(2)16(22)12-6-4-7-13(10-12)20-17(19)23/h4,6-7,10,14-15H,3,5,8-9,11H2,1-2H3,(H3,19,20,23). The second-order valence-electron chi connectivity index (χ2n) is 6.77. The Morgan fingerprint density at radius 3 is 2.75 bits per heavy atom. The van der Waals surface area contributed by atoms with Crippen LogP contribution in [-0.2, 0) is 4.74 Å². The zero-order chi connectivity index (χ0) is 17.3. The Morgan fingerprint density at radius 2 is 2.17 bits per heavy atom. The Hall–Kier alpha value is -2.08. The highest BCUT2D eigenvalue weighted by molar-refractivity contribution is 5.96. The van der Waals surface area contributed by atoms with Gasteiger partial charge in [-0.25, -0.2) is 4.79 Å². The number of hydrogen-bond acceptors (Lipinski definition) is 3. The third kappa shape index (κ3) is 2.75. The normalized spacial score (nSPS) is 23.9. The Labute approximate surface area is 142 Å². The molecule has 24 heavy (non-hydrogen) atoms. The average Bonchev–Trinajstić information content (AvgIpc) is 2.47. The third-order valence-corrected chi connectivity index (χ3v) is 5.56. The molecule has 1 aromatic rings. The molecule has 3 rings (SSSR count). The monoisotopic (exact) mass is 331 g/mol. The van der Waals surface area contributed by atoms with E-state index < -0.39 is 6.03 Å². The van der Waals surface area contributed by atoms with Gasteiger partial charge in [0.2, 0.25) is 0 Å². The first-order valence-corrected chi connectivity index (χ1v) is 8.53. The first-order valence-electron chi connectivity index (χ1n) is 8.53. The summed E-state index contributed by atoms with van der Waals surface area (Å²) in [5.41, 5.74) is 6.36. The van der Waals surface area contributed by atoms with Crippen LogP contribution in [-0.4, -0.2) is 42.6 Å². The SMILES string of the molecule is CCOC1CC(N(C)C(=O)c2cccc(NC(N)=O)c2)C12CCC2. The highest BCUT2D eigenvalue weighted by Gasteiger charge is 2.60. The van der Waals surface area contributed by atoms with Crippen LogP contribution in [0.15, 0.2) is 24.3 Å². The molecule has 6 nitrogen and oxygen atoms in total. The number of benzene rings is 1. The quantitative estimate of drug-likeness (QED) is 0.870. The molecular weight excluding hydrogens is 306 g/mol. The summed E-state index contributed by atoms with van der Waals surface area (Å²) < 4.78 is 5.86. The number of amides is 3. The molecule has 0 radical (unpaired) electrons. The van der Waals surface area contributed by atoms with Crippen LogP contribution in [0, 0.1) is 5.41 Å². The number of nitrogens with zero attached hydrogens (tertiary/aromatic N) is 1. The van der Waals surface area contributed by atoms with Gasteiger partial charge in [-0.05, 0) is 44.4 Å². The predicted molar refractivity (Wildman–Crippen MR) is 91.8 cm³/mol. The van der Waals surface area contributed by atoms with Gasteiger partial charge in [0.05, 0.1) is 6.10 Å². The average molecular weight is 331 g/mol. The maximum absolute atomic E-state index is 12.9. The lowest BCUT2D eigenvalue weighted by molar-refractivity contribution is -0.192. The topological polar surface area (TPSA) is 84.7 Å². The molecule has 2 fully saturated rings. The van der Waals surface area contributed by atoms with Crippen molar-refractivity contribution in [3.8, 4) is 0 Å². The first kappa shape index (κ1) is 16.8. The van der Waals surface area contributed by atoms with E-state index >= 15 is 0 Å². The van der Waals surface area contributed by atoms with Crippen molar-refractivity contribution in [1.29, 1.82) is 0 Å². The number of hydrogen-bond donors (Lipinski definition) is 2. The van der Waals surface area contributed by atoms with Gasteiger partial charge in [0.1, 0.15) is 0 Å². The van der Waals surface area contributed by atoms with E-state index in [1.807, 2.05) is 18.9 Å². The molecule has 0 bridgehead atoms. The fourth-order valence-electron chi connectivity index (χ4n) is 4.16. The molecule has 1 aromatic carbocycles. The molecule has 0 heterocycles. The van der Waals surface area contributed by atoms with Crippen LogP contribution < -0.4 is 11.1 Å². The molecule has 3 N–H and O–H groups in total. The van der Waals surface area contributed by atoms with E-state index in [1.165, 1.54) is 6.42 Å². The van der Waals surface area contributed by atoms with Crippen molar-refractivity contribution in [3.63, 3.8) is 0 Å². The molecule has 2 atom stereocenters. The van der Waals surface area contributed by atoms with Gasteiger partial charge < -0.3 is 20.7 Å². The number of carbonyl (C=O) groups is 2. The summed E-state index contributed by atoms with van der Waals surface area (Å²) in [6.45, 7) is 2.74. The van der Waals surface area contributed by atoms with E-state index in [-0.39, 0.29) is 23.5 Å². The lowest BCUT2D eigenvalue weighted by Crippen LogP contribution is -2.67. The maximum atomic E-state index is 12.9. The van der Waals surface area contributed by atoms with Crippen molar-refractivity contribution in [2.75, 3.05) is 19.0 Å². The summed E-state index contributed by atoms with van der Waals surface area (Å²) in [6, 6.07) is 6.47. The highest BCUT2D eigenvalue weighted by atomic mass is 16.5. The number of primary amides is 1. The largest absolute Gasteiger partial charge is 0.378 e. The van der Waals surface area contributed by atoms with Crippen molar-refractivity contribution in [2.24, 2.45) is 11.1 Å². The Kier molecular flexibility index (Phi) is 4.49. The summed E-state index contributed by atoms with van der Waals surface area (Å²) in [5, 5.41) is 2.51. The number of nitrogens with two attached hydrogens (primary N) is 1. The van der Waals surface area contributed by atoms with Crippen LogP contribution in [0.4, 0.5) is 10.5 Å². The maximum Gasteiger partial charge on any atom is 0.316 e. The number of ether oxygens (including phenoxy) is 1. The molecule has 3 amide bonds. The van der Waals surface area contributed by atoms with Gasteiger partial charge in [0.15, 0.2) is 0 Å². The summed E-state index contributed by atoms with van der Waals surface area (Å²) in [4.78, 5) is 25.7. The van der Waals surface area contributed by atoms with Crippen molar-refractivity contribution in [1.82, 2.24) is 4.90 Å². The fourth-order valence-corrected chi connectivity index (χ4v) is 4.16. The number of rotatable bonds is 5. The van der Waals surface area contributed by atoms with Gasteiger partial charge in [0, 0.05) is 36.4 Å². The second-order valence-corrected chi connectivity index (χ2v) is 6.77. The molecule has 0 aromatic heterocycles. The fraction of sp³-hybridized carbons (Fsp3) is 0.556. The molecule has 6 heteroatoms. The van der Waals surface area contributed by atoms with Crippen LogP contribution in [0.2, 0.25) is 0 Å². The molecule has 2 aliphatic carbocycles. The van der Waals surface area contributed by atoms with E-state index in [0.29, 0.717) is 11.3 Å². The minimum absolute atomic E-state index is 0.0330. The first-order chi connectivity index (χ1) is 11.5. The highest BCUT2D eigenvalue weighted by Crippen LogP contribution is 2.59. The summed E-state index contributed by atoms with van der Waals surface area (Å²) in [6.07, 6.45) is 4.64. The number of carbonyl (C=O) groups excluding carboxylic acids is 2. The summed E-state index contributed by atoms with van der Waals surface area (Å²) in [5.74, 6) is -0.0330. The molecule has 2 aliphatic rings. The predicted octanol–water partition coefficient (Wildman–Crippen LogP) is 2.60. The smallest absolute Gasteiger partial charge is 0.316 e. The van der Waals surface area contributed by atoms with Gasteiger partial charge in [-0.1, -0.05) is 12.5 Å². The van der Waals surface area contributed by atoms with Crippen molar-refractivity contribution < 1.29 is 14.3 Å². The van der Waals surface area contributed by atoms with Gasteiger partial charge >= 0.3 is 6.03 Å². The van der Waals surface area contributed by atoms with Gasteiger partial charge in [0.25, 0.3) is 5.91 Å². The minimum atomic E-state index is -0.639. The van der Waals surface area contributed by atoms with Crippen LogP contribution in [0.25, 0.3) is 0 Å². The van der Waals surface area contributed by atoms with E-state index in [0.717, 1.165) is 25.9 Å². The Morgan fingerprint density at radius 1 is 1.42 bits per heavy atom. The molecule has 0 saturated heterocycles. The summed E-state index contributed by atoms with van der Waals surface area (Å²) in [7, 11) is 1.86. The van der Waals surface area contributed by atoms with Gasteiger partial charge in [-0.15, -0.1) is 0 Å². The lowest BCUT2D eigenvalue weighted by atomic mass is 9.50. The van der Waals surface area contributed by atoms with Crippen molar-refractivity contribution >= 4 is 17.6 Å². The minimum Gasteiger partial charge on any atom is -0.378 e. The van der Waals surface area contributed by atoms with Crippen LogP contribution in [0.1, 0.15) is 43.0 Å². The molecule has 1 spiro atoms. The summed E-state index contributed by atoms with van der Waals surface area (Å²) >= 11 is 0. The molecule has 2 saturated carbocycles. The van der Waals surface area contributed by atoms with E-state index in [9.17, 15) is 9.59 Å². The Balaban J connectivity index is 1.72. The van der Waals surface area contributed by atoms with Gasteiger partial charge in [-0.3, -0.25) is 4.79 Å². The number of nitrogens with one attached hydrogen (secondary N) is 1.